The molecule has 0 saturated carbocycles. The van der Waals surface area contributed by atoms with Crippen LogP contribution >= 0.6 is 11.6 Å². The van der Waals surface area contributed by atoms with E-state index >= 15 is 0 Å². The van der Waals surface area contributed by atoms with E-state index in [1.54, 1.807) is 24.3 Å². The predicted molar refractivity (Wildman–Crippen MR) is 76.9 cm³/mol. The average molecular weight is 299 g/mol. The maximum atomic E-state index is 12.5. The molecule has 0 bridgehead atoms. The SMILES string of the molecule is O=C1C=Cc2nocc2/C1=C1\Nc2ccc(Cl)cc2C1=O. The zero-order valence-corrected chi connectivity index (χ0v) is 11.3. The first-order valence-electron chi connectivity index (χ1n) is 6.18. The second kappa shape index (κ2) is 4.17. The number of nitrogens with one attached hydrogen (secondary N) is 1. The fourth-order valence-electron chi connectivity index (χ4n) is 2.50. The van der Waals surface area contributed by atoms with E-state index in [4.69, 9.17) is 16.1 Å². The molecule has 2 aliphatic rings. The van der Waals surface area contributed by atoms with E-state index in [-0.39, 0.29) is 22.8 Å². The number of halogens is 1. The number of allylic oxidation sites excluding steroid dienone is 3. The molecule has 2 heterocycles. The zero-order valence-electron chi connectivity index (χ0n) is 10.5. The van der Waals surface area contributed by atoms with E-state index < -0.39 is 0 Å². The zero-order chi connectivity index (χ0) is 14.6. The number of aromatic nitrogens is 1. The van der Waals surface area contributed by atoms with Crippen molar-refractivity contribution in [3.05, 3.63) is 58.1 Å². The highest BCUT2D eigenvalue weighted by molar-refractivity contribution is 6.38. The molecule has 0 amide bonds. The van der Waals surface area contributed by atoms with Crippen molar-refractivity contribution in [2.45, 2.75) is 0 Å². The Bertz CT molecular complexity index is 877. The molecule has 0 fully saturated rings. The van der Waals surface area contributed by atoms with Crippen molar-refractivity contribution >= 4 is 40.5 Å². The molecule has 102 valence electrons. The summed E-state index contributed by atoms with van der Waals surface area (Å²) in [5, 5.41) is 7.25. The molecule has 0 spiro atoms. The van der Waals surface area contributed by atoms with Crippen LogP contribution in [0.5, 0.6) is 0 Å². The number of Topliss-reactive ketones (excluding diaryl/α,β-unsaturated/α-hetero) is 1. The van der Waals surface area contributed by atoms with Gasteiger partial charge in [0.25, 0.3) is 0 Å². The third-order valence-electron chi connectivity index (χ3n) is 3.47. The standard InChI is InChI=1S/C15H7ClN2O3/c16-7-1-2-10-8(5-7)15(20)14(17-10)13-9-6-21-18-11(9)3-4-12(13)19/h1-6,17H/b14-13+. The van der Waals surface area contributed by atoms with E-state index in [2.05, 4.69) is 10.5 Å². The molecule has 1 aromatic carbocycles. The number of ketones is 2. The molecule has 0 radical (unpaired) electrons. The van der Waals surface area contributed by atoms with Gasteiger partial charge < -0.3 is 9.84 Å². The van der Waals surface area contributed by atoms with Gasteiger partial charge in [-0.15, -0.1) is 0 Å². The molecule has 1 aromatic heterocycles. The lowest BCUT2D eigenvalue weighted by Gasteiger charge is -2.09. The lowest BCUT2D eigenvalue weighted by Crippen LogP contribution is -2.12. The molecule has 4 rings (SSSR count). The summed E-state index contributed by atoms with van der Waals surface area (Å²) in [6, 6.07) is 4.97. The third kappa shape index (κ3) is 1.68. The number of fused-ring (bicyclic) bond motifs is 2. The van der Waals surface area contributed by atoms with Gasteiger partial charge in [0.15, 0.2) is 5.78 Å². The highest BCUT2D eigenvalue weighted by Crippen LogP contribution is 2.36. The number of carbonyl (C=O) groups excluding carboxylic acids is 2. The summed E-state index contributed by atoms with van der Waals surface area (Å²) < 4.78 is 4.89. The van der Waals surface area contributed by atoms with E-state index in [1.807, 2.05) is 0 Å². The van der Waals surface area contributed by atoms with E-state index in [0.717, 1.165) is 0 Å². The highest BCUT2D eigenvalue weighted by Gasteiger charge is 2.33. The van der Waals surface area contributed by atoms with Crippen molar-refractivity contribution in [1.82, 2.24) is 5.16 Å². The molecule has 21 heavy (non-hydrogen) atoms. The van der Waals surface area contributed by atoms with Crippen LogP contribution < -0.4 is 5.32 Å². The fraction of sp³-hybridized carbons (Fsp3) is 0. The Morgan fingerprint density at radius 2 is 2.00 bits per heavy atom. The Hall–Kier alpha value is -2.66. The first-order chi connectivity index (χ1) is 10.1. The second-order valence-corrected chi connectivity index (χ2v) is 5.14. The van der Waals surface area contributed by atoms with Gasteiger partial charge in [-0.05, 0) is 30.4 Å². The Balaban J connectivity index is 1.94. The first kappa shape index (κ1) is 12.1. The molecule has 6 heteroatoms. The van der Waals surface area contributed by atoms with Crippen LogP contribution in [0.3, 0.4) is 0 Å². The predicted octanol–water partition coefficient (Wildman–Crippen LogP) is 2.94. The third-order valence-corrected chi connectivity index (χ3v) is 3.70. The minimum absolute atomic E-state index is 0.228. The van der Waals surface area contributed by atoms with Gasteiger partial charge in [0.2, 0.25) is 5.78 Å². The molecule has 5 nitrogen and oxygen atoms in total. The number of anilines is 1. The average Bonchev–Trinajstić information content (AvgIpc) is 3.05. The topological polar surface area (TPSA) is 72.2 Å². The monoisotopic (exact) mass is 298 g/mol. The summed E-state index contributed by atoms with van der Waals surface area (Å²) in [4.78, 5) is 24.7. The van der Waals surface area contributed by atoms with Gasteiger partial charge in [0.1, 0.15) is 12.0 Å². The molecule has 1 aliphatic carbocycles. The van der Waals surface area contributed by atoms with Crippen molar-refractivity contribution in [1.29, 1.82) is 0 Å². The van der Waals surface area contributed by atoms with E-state index in [1.165, 1.54) is 12.3 Å². The van der Waals surface area contributed by atoms with Gasteiger partial charge in [0, 0.05) is 10.6 Å². The Labute approximate surface area is 123 Å². The van der Waals surface area contributed by atoms with Crippen LogP contribution in [-0.4, -0.2) is 16.7 Å². The van der Waals surface area contributed by atoms with Crippen LogP contribution in [0.4, 0.5) is 5.69 Å². The van der Waals surface area contributed by atoms with Crippen LogP contribution in [0.15, 0.2) is 40.8 Å². The largest absolute Gasteiger partial charge is 0.363 e. The number of hydrogen-bond acceptors (Lipinski definition) is 5. The minimum atomic E-state index is -0.265. The summed E-state index contributed by atoms with van der Waals surface area (Å²) >= 11 is 5.92. The maximum absolute atomic E-state index is 12.5. The highest BCUT2D eigenvalue weighted by atomic mass is 35.5. The lowest BCUT2D eigenvalue weighted by atomic mass is 9.93. The minimum Gasteiger partial charge on any atom is -0.363 e. The van der Waals surface area contributed by atoms with E-state index in [9.17, 15) is 9.59 Å². The quantitative estimate of drug-likeness (QED) is 0.757. The number of benzene rings is 1. The summed E-state index contributed by atoms with van der Waals surface area (Å²) in [5.41, 5.74) is 2.62. The number of nitrogens with zero attached hydrogens (tertiary/aromatic N) is 1. The number of rotatable bonds is 0. The number of carbonyl (C=O) groups is 2. The molecule has 0 saturated heterocycles. The molecule has 1 N–H and O–H groups in total. The molecule has 0 unspecified atom stereocenters. The molecular formula is C15H7ClN2O3. The summed E-state index contributed by atoms with van der Waals surface area (Å²) in [7, 11) is 0. The maximum Gasteiger partial charge on any atom is 0.212 e. The van der Waals surface area contributed by atoms with Crippen molar-refractivity contribution in [3.8, 4) is 0 Å². The van der Waals surface area contributed by atoms with Gasteiger partial charge in [0.05, 0.1) is 22.5 Å². The van der Waals surface area contributed by atoms with Crippen LogP contribution in [0.1, 0.15) is 21.6 Å². The van der Waals surface area contributed by atoms with Crippen molar-refractivity contribution in [3.63, 3.8) is 0 Å². The molecular weight excluding hydrogens is 292 g/mol. The normalized spacial score (nSPS) is 19.5. The van der Waals surface area contributed by atoms with Crippen molar-refractivity contribution in [2.75, 3.05) is 5.32 Å². The molecule has 1 aliphatic heterocycles. The van der Waals surface area contributed by atoms with Gasteiger partial charge in [-0.1, -0.05) is 16.8 Å². The van der Waals surface area contributed by atoms with Crippen molar-refractivity contribution in [2.24, 2.45) is 0 Å². The van der Waals surface area contributed by atoms with Crippen LogP contribution in [-0.2, 0) is 4.79 Å². The summed E-state index contributed by atoms with van der Waals surface area (Å²) in [5.74, 6) is -0.529. The van der Waals surface area contributed by atoms with E-state index in [0.29, 0.717) is 27.5 Å². The van der Waals surface area contributed by atoms with Crippen molar-refractivity contribution < 1.29 is 14.1 Å². The smallest absolute Gasteiger partial charge is 0.212 e. The molecule has 2 aromatic rings. The van der Waals surface area contributed by atoms with Crippen LogP contribution in [0, 0.1) is 0 Å². The fourth-order valence-corrected chi connectivity index (χ4v) is 2.67. The van der Waals surface area contributed by atoms with Gasteiger partial charge >= 0.3 is 0 Å². The molecule has 0 atom stereocenters. The summed E-state index contributed by atoms with van der Waals surface area (Å²) in [6.45, 7) is 0. The van der Waals surface area contributed by atoms with Gasteiger partial charge in [-0.3, -0.25) is 9.59 Å². The van der Waals surface area contributed by atoms with Crippen LogP contribution in [0.25, 0.3) is 11.6 Å². The Kier molecular flexibility index (Phi) is 2.40. The van der Waals surface area contributed by atoms with Gasteiger partial charge in [-0.25, -0.2) is 0 Å². The van der Waals surface area contributed by atoms with Gasteiger partial charge in [-0.2, -0.15) is 0 Å². The Morgan fingerprint density at radius 3 is 2.86 bits per heavy atom. The second-order valence-electron chi connectivity index (χ2n) is 4.71. The summed E-state index contributed by atoms with van der Waals surface area (Å²) in [6.07, 6.45) is 4.30. The Morgan fingerprint density at radius 1 is 1.14 bits per heavy atom. The lowest BCUT2D eigenvalue weighted by molar-refractivity contribution is -0.109. The number of hydrogen-bond donors (Lipinski definition) is 1. The first-order valence-corrected chi connectivity index (χ1v) is 6.55. The van der Waals surface area contributed by atoms with Crippen LogP contribution in [0.2, 0.25) is 5.02 Å².